The molecule has 1 unspecified atom stereocenters. The van der Waals surface area contributed by atoms with Gasteiger partial charge < -0.3 is 15.1 Å². The first kappa shape index (κ1) is 16.4. The molecule has 0 saturated carbocycles. The molecule has 1 amide bonds. The van der Waals surface area contributed by atoms with Crippen molar-refractivity contribution in [2.45, 2.75) is 5.92 Å². The van der Waals surface area contributed by atoms with Crippen molar-refractivity contribution < 1.29 is 28.6 Å². The topological polar surface area (TPSA) is 77.8 Å². The number of aliphatic carboxylic acids is 1. The zero-order chi connectivity index (χ0) is 17.6. The van der Waals surface area contributed by atoms with E-state index < -0.39 is 41.7 Å². The van der Waals surface area contributed by atoms with E-state index in [1.165, 1.54) is 0 Å². The Morgan fingerprint density at radius 2 is 1.92 bits per heavy atom. The zero-order valence-corrected chi connectivity index (χ0v) is 13.5. The third-order valence-electron chi connectivity index (χ3n) is 3.80. The maximum absolute atomic E-state index is 13.6. The smallest absolute Gasteiger partial charge is 0.323 e. The molecule has 8 heteroatoms. The fourth-order valence-corrected chi connectivity index (χ4v) is 3.40. The number of fused-ring (bicyclic) bond motifs is 1. The van der Waals surface area contributed by atoms with Crippen LogP contribution in [0.1, 0.15) is 17.0 Å². The summed E-state index contributed by atoms with van der Waals surface area (Å²) in [6.07, 6.45) is 0. The maximum atomic E-state index is 13.6. The van der Waals surface area contributed by atoms with E-state index in [0.717, 1.165) is 11.0 Å². The number of carbonyl (C=O) groups is 2. The molecule has 1 aliphatic heterocycles. The Labute approximate surface area is 143 Å². The van der Waals surface area contributed by atoms with Gasteiger partial charge >= 0.3 is 5.97 Å². The number of nitrogens with zero attached hydrogens (tertiary/aromatic N) is 1. The summed E-state index contributed by atoms with van der Waals surface area (Å²) in [5.74, 6) is -6.02. The number of benzene rings is 2. The summed E-state index contributed by atoms with van der Waals surface area (Å²) >= 11 is 3.29. The first-order valence-corrected chi connectivity index (χ1v) is 7.60. The number of halogens is 3. The normalized spacial score (nSPS) is 16.4. The Morgan fingerprint density at radius 3 is 2.58 bits per heavy atom. The van der Waals surface area contributed by atoms with Gasteiger partial charge in [0.2, 0.25) is 5.91 Å². The zero-order valence-electron chi connectivity index (χ0n) is 12.0. The van der Waals surface area contributed by atoms with Crippen molar-refractivity contribution >= 4 is 33.5 Å². The third kappa shape index (κ3) is 2.52. The first-order chi connectivity index (χ1) is 11.3. The summed E-state index contributed by atoms with van der Waals surface area (Å²) in [4.78, 5) is 24.8. The number of anilines is 1. The van der Waals surface area contributed by atoms with Gasteiger partial charge in [-0.25, -0.2) is 8.78 Å². The van der Waals surface area contributed by atoms with Gasteiger partial charge in [-0.05, 0) is 18.2 Å². The summed E-state index contributed by atoms with van der Waals surface area (Å²) < 4.78 is 27.4. The van der Waals surface area contributed by atoms with Crippen molar-refractivity contribution in [1.29, 1.82) is 0 Å². The van der Waals surface area contributed by atoms with Gasteiger partial charge in [0, 0.05) is 27.4 Å². The van der Waals surface area contributed by atoms with Crippen LogP contribution in [0.3, 0.4) is 0 Å². The summed E-state index contributed by atoms with van der Waals surface area (Å²) in [5, 5.41) is 19.0. The second-order valence-corrected chi connectivity index (χ2v) is 6.10. The van der Waals surface area contributed by atoms with E-state index in [-0.39, 0.29) is 5.56 Å². The summed E-state index contributed by atoms with van der Waals surface area (Å²) in [6.45, 7) is -0.580. The molecule has 0 saturated heterocycles. The Morgan fingerprint density at radius 1 is 1.25 bits per heavy atom. The number of phenolic OH excluding ortho intramolecular Hbond substituents is 1. The summed E-state index contributed by atoms with van der Waals surface area (Å²) in [5.41, 5.74) is 0.607. The molecule has 0 fully saturated rings. The Balaban J connectivity index is 2.21. The Kier molecular flexibility index (Phi) is 4.00. The number of carbonyl (C=O) groups excluding carboxylic acids is 1. The molecule has 3 rings (SSSR count). The molecular weight excluding hydrogens is 388 g/mol. The minimum Gasteiger partial charge on any atom is -0.508 e. The van der Waals surface area contributed by atoms with Gasteiger partial charge in [0.1, 0.15) is 12.3 Å². The molecule has 2 N–H and O–H groups in total. The molecule has 2 aromatic carbocycles. The molecule has 0 aromatic heterocycles. The summed E-state index contributed by atoms with van der Waals surface area (Å²) in [6, 6.07) is 6.16. The number of carboxylic acids is 1. The molecule has 124 valence electrons. The Hall–Kier alpha value is -2.48. The highest BCUT2D eigenvalue weighted by Crippen LogP contribution is 2.47. The fourth-order valence-electron chi connectivity index (χ4n) is 2.81. The number of aromatic hydroxyl groups is 1. The van der Waals surface area contributed by atoms with Gasteiger partial charge in [0.15, 0.2) is 11.6 Å². The predicted molar refractivity (Wildman–Crippen MR) is 84.0 cm³/mol. The number of rotatable bonds is 3. The van der Waals surface area contributed by atoms with Crippen LogP contribution in [0, 0.1) is 11.6 Å². The monoisotopic (exact) mass is 397 g/mol. The molecular formula is C16H10BrF2NO4. The average Bonchev–Trinajstić information content (AvgIpc) is 2.77. The highest BCUT2D eigenvalue weighted by molar-refractivity contribution is 9.10. The molecule has 0 bridgehead atoms. The predicted octanol–water partition coefficient (Wildman–Crippen LogP) is 3.00. The lowest BCUT2D eigenvalue weighted by Gasteiger charge is -2.16. The van der Waals surface area contributed by atoms with Crippen LogP contribution >= 0.6 is 15.9 Å². The first-order valence-electron chi connectivity index (χ1n) is 6.80. The lowest BCUT2D eigenvalue weighted by molar-refractivity contribution is -0.136. The van der Waals surface area contributed by atoms with Crippen LogP contribution in [0.5, 0.6) is 5.75 Å². The van der Waals surface area contributed by atoms with Crippen LogP contribution < -0.4 is 4.90 Å². The molecule has 1 atom stereocenters. The number of hydrogen-bond acceptors (Lipinski definition) is 3. The third-order valence-corrected chi connectivity index (χ3v) is 4.49. The second-order valence-electron chi connectivity index (χ2n) is 5.25. The van der Waals surface area contributed by atoms with Gasteiger partial charge in [-0.3, -0.25) is 9.59 Å². The van der Waals surface area contributed by atoms with Crippen LogP contribution in [0.2, 0.25) is 0 Å². The van der Waals surface area contributed by atoms with E-state index >= 15 is 0 Å². The lowest BCUT2D eigenvalue weighted by atomic mass is 9.91. The molecule has 5 nitrogen and oxygen atoms in total. The van der Waals surface area contributed by atoms with Gasteiger partial charge in [0.05, 0.1) is 5.92 Å². The van der Waals surface area contributed by atoms with E-state index in [1.807, 2.05) is 0 Å². The van der Waals surface area contributed by atoms with Gasteiger partial charge in [0.25, 0.3) is 0 Å². The molecule has 0 aliphatic carbocycles. The van der Waals surface area contributed by atoms with Crippen LogP contribution in [0.25, 0.3) is 0 Å². The van der Waals surface area contributed by atoms with E-state index in [0.29, 0.717) is 21.8 Å². The van der Waals surface area contributed by atoms with Gasteiger partial charge in [-0.15, -0.1) is 0 Å². The van der Waals surface area contributed by atoms with Crippen LogP contribution in [-0.2, 0) is 9.59 Å². The average molecular weight is 398 g/mol. The van der Waals surface area contributed by atoms with E-state index in [9.17, 15) is 23.5 Å². The van der Waals surface area contributed by atoms with Gasteiger partial charge in [-0.2, -0.15) is 0 Å². The van der Waals surface area contributed by atoms with Crippen molar-refractivity contribution in [2.24, 2.45) is 0 Å². The van der Waals surface area contributed by atoms with Crippen molar-refractivity contribution in [3.8, 4) is 5.75 Å². The highest BCUT2D eigenvalue weighted by atomic mass is 79.9. The van der Waals surface area contributed by atoms with Crippen LogP contribution in [0.15, 0.2) is 34.8 Å². The number of phenols is 1. The van der Waals surface area contributed by atoms with Gasteiger partial charge in [-0.1, -0.05) is 22.0 Å². The quantitative estimate of drug-likeness (QED) is 0.834. The van der Waals surface area contributed by atoms with E-state index in [1.54, 1.807) is 18.2 Å². The van der Waals surface area contributed by atoms with E-state index in [2.05, 4.69) is 15.9 Å². The fraction of sp³-hybridized carbons (Fsp3) is 0.125. The minimum atomic E-state index is -1.24. The summed E-state index contributed by atoms with van der Waals surface area (Å²) in [7, 11) is 0. The maximum Gasteiger partial charge on any atom is 0.323 e. The number of amides is 1. The molecule has 0 radical (unpaired) electrons. The molecule has 2 aromatic rings. The van der Waals surface area contributed by atoms with Crippen LogP contribution in [-0.4, -0.2) is 28.6 Å². The molecule has 1 aliphatic rings. The highest BCUT2D eigenvalue weighted by Gasteiger charge is 2.42. The van der Waals surface area contributed by atoms with E-state index in [4.69, 9.17) is 5.11 Å². The van der Waals surface area contributed by atoms with Crippen molar-refractivity contribution in [2.75, 3.05) is 11.4 Å². The largest absolute Gasteiger partial charge is 0.508 e. The minimum absolute atomic E-state index is 0.125. The lowest BCUT2D eigenvalue weighted by Crippen LogP contribution is -2.34. The Bertz CT molecular complexity index is 871. The standard InChI is InChI=1S/C16H10BrF2NO4/c17-8-2-1-3-11-15(8)14(16(24)20(11)6-13(22)23)7-4-9(18)10(19)5-12(7)21/h1-5,14,21H,6H2,(H,22,23). The second kappa shape index (κ2) is 5.86. The van der Waals surface area contributed by atoms with Crippen molar-refractivity contribution in [3.05, 3.63) is 57.6 Å². The van der Waals surface area contributed by atoms with Crippen molar-refractivity contribution in [1.82, 2.24) is 0 Å². The number of carboxylic acid groups (broad SMARTS) is 1. The molecule has 1 heterocycles. The SMILES string of the molecule is O=C(O)CN1C(=O)C(c2cc(F)c(F)cc2O)c2c(Br)cccc21. The molecule has 0 spiro atoms. The van der Waals surface area contributed by atoms with Crippen molar-refractivity contribution in [3.63, 3.8) is 0 Å². The number of hydrogen-bond donors (Lipinski definition) is 2. The molecule has 24 heavy (non-hydrogen) atoms. The van der Waals surface area contributed by atoms with Crippen LogP contribution in [0.4, 0.5) is 14.5 Å².